The predicted molar refractivity (Wildman–Crippen MR) is 123 cm³/mol. The average Bonchev–Trinajstić information content (AvgIpc) is 2.97. The van der Waals surface area contributed by atoms with Gasteiger partial charge in [-0.05, 0) is 60.2 Å². The second kappa shape index (κ2) is 10.6. The number of fused-ring (bicyclic) bond motifs is 1. The number of carbonyl (C=O) groups excluding carboxylic acids is 1. The molecule has 0 unspecified atom stereocenters. The smallest absolute Gasteiger partial charge is 0.250 e. The summed E-state index contributed by atoms with van der Waals surface area (Å²) in [5.74, 6) is 5.69. The van der Waals surface area contributed by atoms with E-state index in [1.165, 1.54) is 0 Å². The molecule has 2 aliphatic rings. The molecule has 3 rings (SSSR count). The Kier molecular flexibility index (Phi) is 7.59. The summed E-state index contributed by atoms with van der Waals surface area (Å²) in [5, 5.41) is 10.4. The quantitative estimate of drug-likeness (QED) is 0.279. The molecule has 8 heteroatoms. The zero-order valence-electron chi connectivity index (χ0n) is 18.0. The Hall–Kier alpha value is -3.42. The molecule has 0 spiro atoms. The van der Waals surface area contributed by atoms with Crippen LogP contribution in [0.2, 0.25) is 0 Å². The minimum atomic E-state index is -0.00503. The minimum absolute atomic E-state index is 0.00503. The van der Waals surface area contributed by atoms with Crippen molar-refractivity contribution in [1.82, 2.24) is 4.90 Å². The van der Waals surface area contributed by atoms with Crippen LogP contribution in [0.4, 0.5) is 5.69 Å². The number of amidine groups is 1. The molecular formula is C23H28N6O2. The van der Waals surface area contributed by atoms with Crippen LogP contribution in [0.25, 0.3) is 11.6 Å². The Bertz CT molecular complexity index is 997. The van der Waals surface area contributed by atoms with Crippen LogP contribution in [-0.4, -0.2) is 29.7 Å². The molecule has 1 amide bonds. The summed E-state index contributed by atoms with van der Waals surface area (Å²) >= 11 is 0. The van der Waals surface area contributed by atoms with E-state index in [4.69, 9.17) is 5.84 Å². The number of rotatable bonds is 7. The van der Waals surface area contributed by atoms with Gasteiger partial charge < -0.3 is 10.7 Å². The zero-order valence-corrected chi connectivity index (χ0v) is 18.0. The van der Waals surface area contributed by atoms with Crippen molar-refractivity contribution in [2.24, 2.45) is 26.3 Å². The van der Waals surface area contributed by atoms with Gasteiger partial charge >= 0.3 is 0 Å². The molecule has 1 heterocycles. The second-order valence-electron chi connectivity index (χ2n) is 7.60. The van der Waals surface area contributed by atoms with Crippen molar-refractivity contribution >= 4 is 29.1 Å². The number of nitrogens with two attached hydrogens (primary N) is 1. The lowest BCUT2D eigenvalue weighted by Gasteiger charge is -2.22. The van der Waals surface area contributed by atoms with E-state index in [0.29, 0.717) is 42.3 Å². The number of allylic oxidation sites excluding steroid dienone is 4. The number of carbonyl (C=O) groups is 1. The first-order valence-electron chi connectivity index (χ1n) is 10.6. The van der Waals surface area contributed by atoms with Gasteiger partial charge in [0.2, 0.25) is 5.91 Å². The van der Waals surface area contributed by atoms with Crippen molar-refractivity contribution < 1.29 is 4.79 Å². The van der Waals surface area contributed by atoms with E-state index in [1.54, 1.807) is 6.08 Å². The third-order valence-corrected chi connectivity index (χ3v) is 5.30. The molecule has 162 valence electrons. The van der Waals surface area contributed by atoms with E-state index in [1.807, 2.05) is 35.3 Å². The summed E-state index contributed by atoms with van der Waals surface area (Å²) in [5.41, 5.74) is 4.86. The van der Waals surface area contributed by atoms with Crippen molar-refractivity contribution in [3.63, 3.8) is 0 Å². The standard InChI is InChI=1S/C23H28N6O2/c1-3-11-29(12-4-2)23(30)19-13-18-6-5-17(16-7-9-20(27-31)10-8-16)14-21(18)25-22(15-19)26-28-24/h5-7,9,13-14H,3-4,8,10-12,15H2,1-2H3,(H2,24,25,26). The van der Waals surface area contributed by atoms with Gasteiger partial charge in [0.05, 0.1) is 11.4 Å². The summed E-state index contributed by atoms with van der Waals surface area (Å²) in [6.07, 6.45) is 8.98. The van der Waals surface area contributed by atoms with Crippen LogP contribution < -0.4 is 5.84 Å². The van der Waals surface area contributed by atoms with Crippen LogP contribution in [0.1, 0.15) is 57.1 Å². The molecule has 0 bridgehead atoms. The number of nitroso groups, excluding NO2 is 1. The van der Waals surface area contributed by atoms with Gasteiger partial charge in [-0.15, -0.1) is 10.0 Å². The number of amides is 1. The van der Waals surface area contributed by atoms with Crippen LogP contribution in [0.3, 0.4) is 0 Å². The van der Waals surface area contributed by atoms with Gasteiger partial charge in [0.15, 0.2) is 5.84 Å². The summed E-state index contributed by atoms with van der Waals surface area (Å²) in [6.45, 7) is 5.54. The van der Waals surface area contributed by atoms with Crippen LogP contribution in [0.15, 0.2) is 62.1 Å². The first kappa shape index (κ1) is 22.3. The van der Waals surface area contributed by atoms with Crippen molar-refractivity contribution in [3.05, 3.63) is 57.7 Å². The Morgan fingerprint density at radius 3 is 2.55 bits per heavy atom. The van der Waals surface area contributed by atoms with Crippen LogP contribution in [0.5, 0.6) is 0 Å². The summed E-state index contributed by atoms with van der Waals surface area (Å²) in [6, 6.07) is 5.95. The monoisotopic (exact) mass is 420 g/mol. The molecule has 2 N–H and O–H groups in total. The normalized spacial score (nSPS) is 15.9. The molecule has 0 fully saturated rings. The SMILES string of the molecule is CCCN(CCC)C(=O)C1=Cc2ccc(C3=CC=C(N=O)CC3)cc2N=C(N=NN)C1. The molecule has 1 aliphatic heterocycles. The highest BCUT2D eigenvalue weighted by Crippen LogP contribution is 2.34. The Balaban J connectivity index is 2.00. The topological polar surface area (TPSA) is 113 Å². The van der Waals surface area contributed by atoms with Gasteiger partial charge in [-0.2, -0.15) is 0 Å². The molecule has 0 radical (unpaired) electrons. The van der Waals surface area contributed by atoms with Gasteiger partial charge in [0, 0.05) is 30.6 Å². The van der Waals surface area contributed by atoms with Gasteiger partial charge in [-0.1, -0.05) is 37.3 Å². The van der Waals surface area contributed by atoms with Gasteiger partial charge in [0.1, 0.15) is 0 Å². The highest BCUT2D eigenvalue weighted by Gasteiger charge is 2.22. The number of nitrogens with zero attached hydrogens (tertiary/aromatic N) is 5. The molecule has 0 saturated heterocycles. The fraction of sp³-hybridized carbons (Fsp3) is 0.391. The summed E-state index contributed by atoms with van der Waals surface area (Å²) in [7, 11) is 0. The summed E-state index contributed by atoms with van der Waals surface area (Å²) in [4.78, 5) is 30.4. The van der Waals surface area contributed by atoms with Crippen molar-refractivity contribution in [2.75, 3.05) is 13.1 Å². The molecule has 1 aromatic rings. The molecule has 0 atom stereocenters. The second-order valence-corrected chi connectivity index (χ2v) is 7.60. The number of hydrogen-bond donors (Lipinski definition) is 1. The van der Waals surface area contributed by atoms with Gasteiger partial charge in [-0.25, -0.2) is 4.99 Å². The first-order chi connectivity index (χ1) is 15.1. The predicted octanol–water partition coefficient (Wildman–Crippen LogP) is 5.31. The molecule has 1 aliphatic carbocycles. The van der Waals surface area contributed by atoms with E-state index >= 15 is 0 Å². The third-order valence-electron chi connectivity index (χ3n) is 5.30. The van der Waals surface area contributed by atoms with E-state index in [-0.39, 0.29) is 12.3 Å². The lowest BCUT2D eigenvalue weighted by Crippen LogP contribution is -2.34. The van der Waals surface area contributed by atoms with E-state index < -0.39 is 0 Å². The maximum absolute atomic E-state index is 13.2. The third kappa shape index (κ3) is 5.39. The van der Waals surface area contributed by atoms with Crippen molar-refractivity contribution in [2.45, 2.75) is 46.0 Å². The van der Waals surface area contributed by atoms with Crippen LogP contribution in [-0.2, 0) is 4.79 Å². The van der Waals surface area contributed by atoms with Gasteiger partial charge in [-0.3, -0.25) is 4.79 Å². The molecule has 0 aromatic heterocycles. The lowest BCUT2D eigenvalue weighted by molar-refractivity contribution is -0.127. The molecule has 8 nitrogen and oxygen atoms in total. The maximum atomic E-state index is 13.2. The van der Waals surface area contributed by atoms with E-state index in [2.05, 4.69) is 34.4 Å². The maximum Gasteiger partial charge on any atom is 0.250 e. The number of hydrogen-bond acceptors (Lipinski definition) is 6. The molecule has 31 heavy (non-hydrogen) atoms. The van der Waals surface area contributed by atoms with E-state index in [9.17, 15) is 9.70 Å². The number of aliphatic imine (C=N–C) groups is 1. The van der Waals surface area contributed by atoms with Crippen molar-refractivity contribution in [1.29, 1.82) is 0 Å². The Morgan fingerprint density at radius 2 is 1.94 bits per heavy atom. The molecular weight excluding hydrogens is 392 g/mol. The van der Waals surface area contributed by atoms with Crippen molar-refractivity contribution in [3.8, 4) is 0 Å². The van der Waals surface area contributed by atoms with Gasteiger partial charge in [0.25, 0.3) is 0 Å². The average molecular weight is 421 g/mol. The lowest BCUT2D eigenvalue weighted by atomic mass is 9.94. The van der Waals surface area contributed by atoms with Crippen LogP contribution >= 0.6 is 0 Å². The minimum Gasteiger partial charge on any atom is -0.339 e. The highest BCUT2D eigenvalue weighted by molar-refractivity contribution is 6.06. The fourth-order valence-electron chi connectivity index (χ4n) is 3.81. The molecule has 1 aromatic carbocycles. The van der Waals surface area contributed by atoms with Crippen LogP contribution in [0, 0.1) is 4.91 Å². The summed E-state index contributed by atoms with van der Waals surface area (Å²) < 4.78 is 0. The highest BCUT2D eigenvalue weighted by atomic mass is 16.3. The Labute approximate surface area is 182 Å². The Morgan fingerprint density at radius 1 is 1.16 bits per heavy atom. The van der Waals surface area contributed by atoms with E-state index in [0.717, 1.165) is 36.0 Å². The number of benzene rings is 1. The largest absolute Gasteiger partial charge is 0.339 e. The first-order valence-corrected chi connectivity index (χ1v) is 10.6. The fourth-order valence-corrected chi connectivity index (χ4v) is 3.81. The molecule has 0 saturated carbocycles. The zero-order chi connectivity index (χ0) is 22.2.